The van der Waals surface area contributed by atoms with Gasteiger partial charge >= 0.3 is 0 Å². The highest BCUT2D eigenvalue weighted by molar-refractivity contribution is 7.99. The largest absolute Gasteiger partial charge is 0.326 e. The molecule has 110 valence electrons. The number of halogens is 1. The van der Waals surface area contributed by atoms with Gasteiger partial charge in [0.1, 0.15) is 0 Å². The number of rotatable bonds is 6. The molecule has 0 saturated heterocycles. The van der Waals surface area contributed by atoms with Gasteiger partial charge in [-0.15, -0.1) is 23.5 Å². The van der Waals surface area contributed by atoms with Crippen LogP contribution in [0.2, 0.25) is 5.02 Å². The average Bonchev–Trinajstić information content (AvgIpc) is 2.49. The summed E-state index contributed by atoms with van der Waals surface area (Å²) in [6.45, 7) is 0. The second-order valence-electron chi connectivity index (χ2n) is 4.31. The summed E-state index contributed by atoms with van der Waals surface area (Å²) in [5, 5.41) is 3.65. The van der Waals surface area contributed by atoms with Gasteiger partial charge in [-0.05, 0) is 36.6 Å². The molecule has 21 heavy (non-hydrogen) atoms. The Kier molecular flexibility index (Phi) is 6.49. The van der Waals surface area contributed by atoms with E-state index in [1.165, 1.54) is 0 Å². The fraction of sp³-hybridized carbons (Fsp3) is 0.188. The molecule has 2 rings (SSSR count). The maximum absolute atomic E-state index is 11.9. The van der Waals surface area contributed by atoms with Crippen molar-refractivity contribution in [1.82, 2.24) is 0 Å². The van der Waals surface area contributed by atoms with Crippen molar-refractivity contribution >= 4 is 46.7 Å². The Bertz CT molecular complexity index is 619. The summed E-state index contributed by atoms with van der Waals surface area (Å²) >= 11 is 9.33. The van der Waals surface area contributed by atoms with Gasteiger partial charge in [0, 0.05) is 27.7 Å². The molecule has 0 saturated carbocycles. The van der Waals surface area contributed by atoms with Gasteiger partial charge < -0.3 is 5.32 Å². The Labute approximate surface area is 138 Å². The van der Waals surface area contributed by atoms with E-state index in [2.05, 4.69) is 5.32 Å². The van der Waals surface area contributed by atoms with Crippen LogP contribution in [0.1, 0.15) is 6.42 Å². The number of carbonyl (C=O) groups excluding carboxylic acids is 1. The molecule has 2 aromatic carbocycles. The molecule has 0 aliphatic heterocycles. The number of benzene rings is 2. The van der Waals surface area contributed by atoms with Crippen molar-refractivity contribution in [3.05, 3.63) is 53.6 Å². The van der Waals surface area contributed by atoms with Crippen LogP contribution in [0.15, 0.2) is 58.3 Å². The molecule has 2 nitrogen and oxygen atoms in total. The number of thioether (sulfide) groups is 2. The monoisotopic (exact) mass is 337 g/mol. The first kappa shape index (κ1) is 16.3. The second-order valence-corrected chi connectivity index (χ2v) is 6.73. The van der Waals surface area contributed by atoms with E-state index in [0.29, 0.717) is 12.2 Å². The number of nitrogens with one attached hydrogen (secondary N) is 1. The third-order valence-corrected chi connectivity index (χ3v) is 5.02. The zero-order valence-corrected chi connectivity index (χ0v) is 14.0. The molecule has 0 fully saturated rings. The van der Waals surface area contributed by atoms with Crippen molar-refractivity contribution in [2.75, 3.05) is 17.3 Å². The van der Waals surface area contributed by atoms with Crippen LogP contribution in [0, 0.1) is 0 Å². The topological polar surface area (TPSA) is 29.1 Å². The number of carbonyl (C=O) groups is 1. The molecule has 0 spiro atoms. The minimum atomic E-state index is 0.0211. The highest BCUT2D eigenvalue weighted by Crippen LogP contribution is 2.27. The quantitative estimate of drug-likeness (QED) is 0.736. The predicted molar refractivity (Wildman–Crippen MR) is 93.6 cm³/mol. The molecule has 2 aromatic rings. The maximum atomic E-state index is 11.9. The van der Waals surface area contributed by atoms with E-state index in [9.17, 15) is 4.79 Å². The van der Waals surface area contributed by atoms with E-state index in [0.717, 1.165) is 20.5 Å². The van der Waals surface area contributed by atoms with E-state index in [1.54, 1.807) is 23.5 Å². The van der Waals surface area contributed by atoms with Crippen LogP contribution in [0.25, 0.3) is 0 Å². The summed E-state index contributed by atoms with van der Waals surface area (Å²) in [5.41, 5.74) is 0.842. The highest BCUT2D eigenvalue weighted by atomic mass is 35.5. The van der Waals surface area contributed by atoms with E-state index < -0.39 is 0 Å². The minimum absolute atomic E-state index is 0.0211. The molecule has 1 amide bonds. The van der Waals surface area contributed by atoms with Crippen molar-refractivity contribution < 1.29 is 4.79 Å². The van der Waals surface area contributed by atoms with E-state index >= 15 is 0 Å². The van der Waals surface area contributed by atoms with Gasteiger partial charge in [0.15, 0.2) is 0 Å². The molecule has 1 N–H and O–H groups in total. The van der Waals surface area contributed by atoms with Crippen LogP contribution in [0.4, 0.5) is 5.69 Å². The fourth-order valence-corrected chi connectivity index (χ4v) is 3.39. The van der Waals surface area contributed by atoms with Crippen molar-refractivity contribution in [3.8, 4) is 0 Å². The Morgan fingerprint density at radius 1 is 1.19 bits per heavy atom. The first-order valence-electron chi connectivity index (χ1n) is 6.50. The first-order valence-corrected chi connectivity index (χ1v) is 9.09. The molecule has 0 unspecified atom stereocenters. The number of hydrogen-bond donors (Lipinski definition) is 1. The minimum Gasteiger partial charge on any atom is -0.326 e. The standard InChI is InChI=1S/C16H16ClNOS2/c1-20-13-6-4-5-12(11-13)18-16(19)9-10-21-15-8-3-2-7-14(15)17/h2-8,11H,9-10H2,1H3,(H,18,19). The Hall–Kier alpha value is -1.10. The van der Waals surface area contributed by atoms with E-state index in [1.807, 2.05) is 54.8 Å². The van der Waals surface area contributed by atoms with Crippen molar-refractivity contribution in [1.29, 1.82) is 0 Å². The number of anilines is 1. The molecular formula is C16H16ClNOS2. The zero-order chi connectivity index (χ0) is 15.1. The second kappa shape index (κ2) is 8.37. The summed E-state index contributed by atoms with van der Waals surface area (Å²) < 4.78 is 0. The normalized spacial score (nSPS) is 10.4. The summed E-state index contributed by atoms with van der Waals surface area (Å²) in [6, 6.07) is 15.5. The zero-order valence-electron chi connectivity index (χ0n) is 11.6. The van der Waals surface area contributed by atoms with Crippen LogP contribution in [-0.4, -0.2) is 17.9 Å². The number of hydrogen-bond acceptors (Lipinski definition) is 3. The van der Waals surface area contributed by atoms with Crippen LogP contribution >= 0.6 is 35.1 Å². The van der Waals surface area contributed by atoms with Crippen molar-refractivity contribution in [3.63, 3.8) is 0 Å². The Morgan fingerprint density at radius 2 is 2.00 bits per heavy atom. The lowest BCUT2D eigenvalue weighted by molar-refractivity contribution is -0.115. The maximum Gasteiger partial charge on any atom is 0.225 e. The summed E-state index contributed by atoms with van der Waals surface area (Å²) in [6.07, 6.45) is 2.47. The lowest BCUT2D eigenvalue weighted by Gasteiger charge is -2.07. The van der Waals surface area contributed by atoms with Gasteiger partial charge in [-0.3, -0.25) is 4.79 Å². The predicted octanol–water partition coefficient (Wildman–Crippen LogP) is 5.18. The van der Waals surface area contributed by atoms with Crippen LogP contribution in [-0.2, 0) is 4.79 Å². The molecule has 0 aromatic heterocycles. The van der Waals surface area contributed by atoms with Crippen LogP contribution in [0.3, 0.4) is 0 Å². The average molecular weight is 338 g/mol. The molecule has 0 bridgehead atoms. The summed E-state index contributed by atoms with van der Waals surface area (Å²) in [7, 11) is 0. The molecule has 5 heteroatoms. The smallest absolute Gasteiger partial charge is 0.225 e. The van der Waals surface area contributed by atoms with Gasteiger partial charge in [-0.1, -0.05) is 29.8 Å². The van der Waals surface area contributed by atoms with Crippen LogP contribution in [0.5, 0.6) is 0 Å². The van der Waals surface area contributed by atoms with Crippen LogP contribution < -0.4 is 5.32 Å². The summed E-state index contributed by atoms with van der Waals surface area (Å²) in [4.78, 5) is 14.1. The van der Waals surface area contributed by atoms with Crippen molar-refractivity contribution in [2.45, 2.75) is 16.2 Å². The molecular weight excluding hydrogens is 322 g/mol. The Morgan fingerprint density at radius 3 is 2.76 bits per heavy atom. The lowest BCUT2D eigenvalue weighted by Crippen LogP contribution is -2.12. The van der Waals surface area contributed by atoms with E-state index in [4.69, 9.17) is 11.6 Å². The van der Waals surface area contributed by atoms with Gasteiger partial charge in [-0.25, -0.2) is 0 Å². The first-order chi connectivity index (χ1) is 10.2. The fourth-order valence-electron chi connectivity index (χ4n) is 1.74. The molecule has 0 aliphatic rings. The van der Waals surface area contributed by atoms with Gasteiger partial charge in [-0.2, -0.15) is 0 Å². The summed E-state index contributed by atoms with van der Waals surface area (Å²) in [5.74, 6) is 0.727. The highest BCUT2D eigenvalue weighted by Gasteiger charge is 2.05. The van der Waals surface area contributed by atoms with E-state index in [-0.39, 0.29) is 5.91 Å². The van der Waals surface area contributed by atoms with Gasteiger partial charge in [0.25, 0.3) is 0 Å². The molecule has 0 atom stereocenters. The van der Waals surface area contributed by atoms with Gasteiger partial charge in [0.2, 0.25) is 5.91 Å². The Balaban J connectivity index is 1.81. The third-order valence-electron chi connectivity index (χ3n) is 2.78. The van der Waals surface area contributed by atoms with Crippen molar-refractivity contribution in [2.24, 2.45) is 0 Å². The third kappa shape index (κ3) is 5.30. The molecule has 0 aliphatic carbocycles. The number of amides is 1. The SMILES string of the molecule is CSc1cccc(NC(=O)CCSc2ccccc2Cl)c1. The lowest BCUT2D eigenvalue weighted by atomic mass is 10.3. The molecule has 0 radical (unpaired) electrons. The molecule has 0 heterocycles. The van der Waals surface area contributed by atoms with Gasteiger partial charge in [0.05, 0.1) is 5.02 Å².